The number of nitrogens with zero attached hydrogens (tertiary/aromatic N) is 4. The van der Waals surface area contributed by atoms with Gasteiger partial charge >= 0.3 is 7.60 Å². The van der Waals surface area contributed by atoms with Gasteiger partial charge < -0.3 is 30.1 Å². The third kappa shape index (κ3) is 3.67. The molecule has 5 N–H and O–H groups in total. The van der Waals surface area contributed by atoms with Gasteiger partial charge in [0.15, 0.2) is 17.7 Å². The van der Waals surface area contributed by atoms with Crippen LogP contribution >= 0.6 is 19.2 Å². The summed E-state index contributed by atoms with van der Waals surface area (Å²) in [6, 6.07) is 0. The zero-order chi connectivity index (χ0) is 18.2. The predicted octanol–water partition coefficient (Wildman–Crippen LogP) is -0.0603. The van der Waals surface area contributed by atoms with Crippen LogP contribution in [0.2, 0.25) is 0 Å². The molecule has 3 heterocycles. The van der Waals surface area contributed by atoms with Gasteiger partial charge in [-0.15, -0.1) is 0 Å². The van der Waals surface area contributed by atoms with Gasteiger partial charge in [-0.2, -0.15) is 0 Å². The van der Waals surface area contributed by atoms with E-state index in [4.69, 9.17) is 36.6 Å². The summed E-state index contributed by atoms with van der Waals surface area (Å²) in [4.78, 5) is 29.9. The van der Waals surface area contributed by atoms with Crippen LogP contribution in [-0.2, 0) is 14.0 Å². The summed E-state index contributed by atoms with van der Waals surface area (Å²) in [6.45, 7) is 0. The number of anilines is 1. The number of aromatic nitrogens is 4. The van der Waals surface area contributed by atoms with E-state index in [-0.39, 0.29) is 5.82 Å². The lowest BCUT2D eigenvalue weighted by molar-refractivity contribution is -0.0290. The molecular formula is C12H15ClN5O6P. The molecule has 1 saturated heterocycles. The molecule has 2 aromatic rings. The summed E-state index contributed by atoms with van der Waals surface area (Å²) in [5.74, 6) is 0.169. The van der Waals surface area contributed by atoms with Gasteiger partial charge in [-0.25, -0.2) is 15.0 Å². The first kappa shape index (κ1) is 18.2. The van der Waals surface area contributed by atoms with Crippen molar-refractivity contribution in [3.8, 4) is 0 Å². The Hall–Kier alpha value is -1.59. The molecule has 13 heteroatoms. The van der Waals surface area contributed by atoms with E-state index in [0.29, 0.717) is 11.2 Å². The van der Waals surface area contributed by atoms with E-state index < -0.39 is 38.5 Å². The summed E-state index contributed by atoms with van der Waals surface area (Å²) in [7, 11) is -4.42. The Morgan fingerprint density at radius 3 is 2.88 bits per heavy atom. The predicted molar refractivity (Wildman–Crippen MR) is 86.4 cm³/mol. The number of aliphatic hydroxyl groups is 1. The monoisotopic (exact) mass is 391 g/mol. The molecule has 0 aromatic carbocycles. The molecule has 136 valence electrons. The van der Waals surface area contributed by atoms with Gasteiger partial charge in [0.25, 0.3) is 0 Å². The highest BCUT2D eigenvalue weighted by atomic mass is 35.5. The minimum Gasteiger partial charge on any atom is -0.386 e. The minimum atomic E-state index is -4.42. The molecule has 0 radical (unpaired) electrons. The second kappa shape index (κ2) is 6.96. The molecule has 1 aliphatic rings. The van der Waals surface area contributed by atoms with E-state index in [1.807, 2.05) is 0 Å². The molecule has 0 bridgehead atoms. The van der Waals surface area contributed by atoms with Crippen LogP contribution in [0.4, 0.5) is 5.82 Å². The lowest BCUT2D eigenvalue weighted by Gasteiger charge is -2.19. The Balaban J connectivity index is 1.91. The molecular weight excluding hydrogens is 377 g/mol. The first-order chi connectivity index (χ1) is 11.8. The fourth-order valence-electron chi connectivity index (χ4n) is 2.57. The van der Waals surface area contributed by atoms with Crippen molar-refractivity contribution in [3.63, 3.8) is 0 Å². The van der Waals surface area contributed by atoms with Crippen LogP contribution in [0.5, 0.6) is 0 Å². The number of nitrogens with two attached hydrogens (primary N) is 1. The van der Waals surface area contributed by atoms with Crippen molar-refractivity contribution < 1.29 is 28.9 Å². The molecule has 0 spiro atoms. The highest BCUT2D eigenvalue weighted by molar-refractivity contribution is 7.51. The van der Waals surface area contributed by atoms with Gasteiger partial charge in [0.2, 0.25) is 0 Å². The number of fused-ring (bicyclic) bond motifs is 1. The third-order valence-corrected chi connectivity index (χ3v) is 4.24. The summed E-state index contributed by atoms with van der Waals surface area (Å²) < 4.78 is 23.4. The molecule has 0 aliphatic carbocycles. The quantitative estimate of drug-likeness (QED) is 0.507. The van der Waals surface area contributed by atoms with Crippen LogP contribution in [0.25, 0.3) is 11.2 Å². The molecule has 0 amide bonds. The summed E-state index contributed by atoms with van der Waals surface area (Å²) in [6.07, 6.45) is -0.970. The Morgan fingerprint density at radius 1 is 1.44 bits per heavy atom. The maximum Gasteiger partial charge on any atom is 0.350 e. The zero-order valence-corrected chi connectivity index (χ0v) is 14.2. The van der Waals surface area contributed by atoms with Crippen molar-refractivity contribution in [2.45, 2.75) is 24.5 Å². The topological polar surface area (TPSA) is 166 Å². The number of aliphatic hydroxyl groups excluding tert-OH is 1. The van der Waals surface area contributed by atoms with Crippen molar-refractivity contribution in [3.05, 3.63) is 24.3 Å². The lowest BCUT2D eigenvalue weighted by atomic mass is 10.1. The summed E-state index contributed by atoms with van der Waals surface area (Å²) >= 11 is 5.57. The Bertz CT molecular complexity index is 841. The second-order valence-electron chi connectivity index (χ2n) is 5.31. The van der Waals surface area contributed by atoms with E-state index >= 15 is 0 Å². The smallest absolute Gasteiger partial charge is 0.350 e. The average molecular weight is 392 g/mol. The van der Waals surface area contributed by atoms with Gasteiger partial charge in [-0.3, -0.25) is 9.13 Å². The minimum absolute atomic E-state index is 0.169. The van der Waals surface area contributed by atoms with Crippen molar-refractivity contribution in [2.75, 3.05) is 12.1 Å². The maximum atomic E-state index is 11.0. The normalized spacial score (nSPS) is 27.5. The van der Waals surface area contributed by atoms with Crippen molar-refractivity contribution in [1.82, 2.24) is 19.5 Å². The fraction of sp³-hybridized carbons (Fsp3) is 0.417. The first-order valence-electron chi connectivity index (χ1n) is 7.01. The largest absolute Gasteiger partial charge is 0.386 e. The zero-order valence-electron chi connectivity index (χ0n) is 12.6. The van der Waals surface area contributed by atoms with E-state index in [0.717, 1.165) is 0 Å². The van der Waals surface area contributed by atoms with E-state index in [1.54, 1.807) is 0 Å². The van der Waals surface area contributed by atoms with Crippen LogP contribution in [0.3, 0.4) is 0 Å². The Labute approximate surface area is 146 Å². The Morgan fingerprint density at radius 2 is 2.20 bits per heavy atom. The highest BCUT2D eigenvalue weighted by Gasteiger charge is 2.45. The number of hydrogen-bond donors (Lipinski definition) is 4. The second-order valence-corrected chi connectivity index (χ2v) is 7.15. The van der Waals surface area contributed by atoms with Crippen molar-refractivity contribution in [1.29, 1.82) is 0 Å². The molecule has 25 heavy (non-hydrogen) atoms. The standard InChI is InChI=1S/C12H15ClN5O6P/c13-2-1-6-9(23-5-25(20,21)22)8(19)12(24-6)18-4-17-7-10(14)15-3-16-11(7)18/h1-4,6,8-9,12,19H,5H2,(H2,14,15,16)(H2,20,21,22)/b2-1+/t6-,8+,9-,12+/m0/s1. The molecule has 2 aromatic heterocycles. The number of hydrogen-bond acceptors (Lipinski definition) is 8. The van der Waals surface area contributed by atoms with Gasteiger partial charge in [0.05, 0.1) is 6.33 Å². The average Bonchev–Trinajstić information content (AvgIpc) is 3.08. The van der Waals surface area contributed by atoms with Crippen LogP contribution in [-0.4, -0.2) is 59.1 Å². The SMILES string of the molecule is Nc1ncnc2c1ncn2[C@@H]1O[C@@H](/C=C/Cl)[C@H](OCP(=O)(O)O)[C@H]1O. The van der Waals surface area contributed by atoms with Crippen LogP contribution < -0.4 is 5.73 Å². The Kier molecular flexibility index (Phi) is 5.07. The molecule has 1 fully saturated rings. The van der Waals surface area contributed by atoms with Gasteiger partial charge in [0.1, 0.15) is 36.5 Å². The molecule has 0 saturated carbocycles. The van der Waals surface area contributed by atoms with Gasteiger partial charge in [-0.1, -0.05) is 11.6 Å². The molecule has 0 unspecified atom stereocenters. The van der Waals surface area contributed by atoms with Crippen LogP contribution in [0.1, 0.15) is 6.23 Å². The van der Waals surface area contributed by atoms with E-state index in [1.165, 1.54) is 28.8 Å². The van der Waals surface area contributed by atoms with Crippen LogP contribution in [0.15, 0.2) is 24.3 Å². The number of rotatable bonds is 5. The number of nitrogen functional groups attached to an aromatic ring is 1. The van der Waals surface area contributed by atoms with Crippen molar-refractivity contribution in [2.24, 2.45) is 0 Å². The van der Waals surface area contributed by atoms with Gasteiger partial charge in [0, 0.05) is 5.54 Å². The summed E-state index contributed by atoms with van der Waals surface area (Å²) in [5.41, 5.74) is 7.57. The van der Waals surface area contributed by atoms with Gasteiger partial charge in [-0.05, 0) is 6.08 Å². The maximum absolute atomic E-state index is 11.0. The number of imidazole rings is 1. The van der Waals surface area contributed by atoms with Crippen LogP contribution in [0, 0.1) is 0 Å². The summed E-state index contributed by atoms with van der Waals surface area (Å²) in [5, 5.41) is 10.5. The molecule has 11 nitrogen and oxygen atoms in total. The first-order valence-corrected chi connectivity index (χ1v) is 9.25. The molecule has 3 rings (SSSR count). The third-order valence-electron chi connectivity index (χ3n) is 3.61. The number of ether oxygens (including phenoxy) is 2. The fourth-order valence-corrected chi connectivity index (χ4v) is 3.07. The lowest BCUT2D eigenvalue weighted by Crippen LogP contribution is -2.34. The highest BCUT2D eigenvalue weighted by Crippen LogP contribution is 2.39. The molecule has 1 aliphatic heterocycles. The van der Waals surface area contributed by atoms with Crippen molar-refractivity contribution >= 4 is 36.2 Å². The number of halogens is 1. The molecule has 4 atom stereocenters. The van der Waals surface area contributed by atoms with E-state index in [9.17, 15) is 9.67 Å². The van der Waals surface area contributed by atoms with E-state index in [2.05, 4.69) is 15.0 Å².